The minimum atomic E-state index is -4.30. The Bertz CT molecular complexity index is 919. The second kappa shape index (κ2) is 7.13. The molecule has 0 unspecified atom stereocenters. The zero-order valence-corrected chi connectivity index (χ0v) is 15.0. The van der Waals surface area contributed by atoms with Crippen LogP contribution in [0.25, 0.3) is 0 Å². The van der Waals surface area contributed by atoms with Gasteiger partial charge >= 0.3 is 0 Å². The van der Waals surface area contributed by atoms with Crippen LogP contribution in [0.5, 0.6) is 0 Å². The Morgan fingerprint density at radius 3 is 2.12 bits per heavy atom. The molecular formula is C18H18F2N2O3S. The average molecular weight is 380 g/mol. The first kappa shape index (κ1) is 18.5. The zero-order valence-electron chi connectivity index (χ0n) is 14.2. The molecule has 0 atom stereocenters. The van der Waals surface area contributed by atoms with Crippen molar-refractivity contribution in [2.45, 2.75) is 11.8 Å². The van der Waals surface area contributed by atoms with Crippen LogP contribution in [0.1, 0.15) is 15.9 Å². The summed E-state index contributed by atoms with van der Waals surface area (Å²) in [5.41, 5.74) is 1.48. The molecule has 8 heteroatoms. The lowest BCUT2D eigenvalue weighted by molar-refractivity contribution is 0.0697. The third kappa shape index (κ3) is 3.47. The highest BCUT2D eigenvalue weighted by Crippen LogP contribution is 2.24. The molecule has 1 saturated heterocycles. The van der Waals surface area contributed by atoms with Gasteiger partial charge in [-0.05, 0) is 31.2 Å². The maximum absolute atomic E-state index is 13.9. The summed E-state index contributed by atoms with van der Waals surface area (Å²) in [5.74, 6) is -2.44. The number of aryl methyl sites for hydroxylation is 1. The van der Waals surface area contributed by atoms with E-state index in [0.29, 0.717) is 5.56 Å². The second-order valence-electron chi connectivity index (χ2n) is 6.12. The Hall–Kier alpha value is -2.32. The molecule has 1 fully saturated rings. The smallest absolute Gasteiger partial charge is 0.253 e. The first-order valence-corrected chi connectivity index (χ1v) is 9.55. The van der Waals surface area contributed by atoms with Crippen molar-refractivity contribution < 1.29 is 22.0 Å². The molecule has 0 aromatic heterocycles. The van der Waals surface area contributed by atoms with Gasteiger partial charge in [-0.3, -0.25) is 4.79 Å². The Morgan fingerprint density at radius 1 is 0.962 bits per heavy atom. The van der Waals surface area contributed by atoms with E-state index in [1.165, 1.54) is 0 Å². The van der Waals surface area contributed by atoms with E-state index in [1.807, 2.05) is 13.0 Å². The van der Waals surface area contributed by atoms with E-state index in [0.717, 1.165) is 28.1 Å². The molecule has 0 spiro atoms. The predicted molar refractivity (Wildman–Crippen MR) is 92.2 cm³/mol. The highest BCUT2D eigenvalue weighted by atomic mass is 32.2. The fourth-order valence-corrected chi connectivity index (χ4v) is 4.48. The summed E-state index contributed by atoms with van der Waals surface area (Å²) in [6.45, 7) is 2.15. The van der Waals surface area contributed by atoms with Crippen molar-refractivity contribution in [1.82, 2.24) is 9.21 Å². The van der Waals surface area contributed by atoms with Crippen molar-refractivity contribution in [3.05, 3.63) is 65.2 Å². The maximum atomic E-state index is 13.9. The fraction of sp³-hybridized carbons (Fsp3) is 0.278. The van der Waals surface area contributed by atoms with Crippen LogP contribution in [-0.2, 0) is 10.0 Å². The number of halogens is 2. The van der Waals surface area contributed by atoms with Crippen molar-refractivity contribution in [3.63, 3.8) is 0 Å². The molecule has 1 heterocycles. The minimum Gasteiger partial charge on any atom is -0.336 e. The number of sulfonamides is 1. The van der Waals surface area contributed by atoms with E-state index in [-0.39, 0.29) is 32.1 Å². The molecule has 1 aliphatic heterocycles. The number of nitrogens with zero attached hydrogens (tertiary/aromatic N) is 2. The number of amides is 1. The monoisotopic (exact) mass is 380 g/mol. The zero-order chi connectivity index (χ0) is 18.9. The van der Waals surface area contributed by atoms with E-state index in [2.05, 4.69) is 0 Å². The van der Waals surface area contributed by atoms with Gasteiger partial charge in [0.15, 0.2) is 4.90 Å². The fourth-order valence-electron chi connectivity index (χ4n) is 2.95. The second-order valence-corrected chi connectivity index (χ2v) is 7.99. The van der Waals surface area contributed by atoms with Gasteiger partial charge in [-0.2, -0.15) is 4.31 Å². The lowest BCUT2D eigenvalue weighted by Crippen LogP contribution is -2.50. The van der Waals surface area contributed by atoms with Crippen molar-refractivity contribution in [1.29, 1.82) is 0 Å². The van der Waals surface area contributed by atoms with E-state index in [9.17, 15) is 22.0 Å². The van der Waals surface area contributed by atoms with Crippen LogP contribution < -0.4 is 0 Å². The minimum absolute atomic E-state index is 0.0202. The number of hydrogen-bond donors (Lipinski definition) is 0. The van der Waals surface area contributed by atoms with Gasteiger partial charge in [0.2, 0.25) is 10.0 Å². The van der Waals surface area contributed by atoms with Crippen molar-refractivity contribution >= 4 is 15.9 Å². The van der Waals surface area contributed by atoms with Gasteiger partial charge in [0.25, 0.3) is 5.91 Å². The number of rotatable bonds is 3. The highest BCUT2D eigenvalue weighted by molar-refractivity contribution is 7.89. The van der Waals surface area contributed by atoms with Crippen LogP contribution >= 0.6 is 0 Å². The molecule has 2 aromatic carbocycles. The summed E-state index contributed by atoms with van der Waals surface area (Å²) >= 11 is 0. The number of carbonyl (C=O) groups excluding carboxylic acids is 1. The van der Waals surface area contributed by atoms with E-state index in [4.69, 9.17) is 0 Å². The van der Waals surface area contributed by atoms with Crippen LogP contribution in [0.2, 0.25) is 0 Å². The van der Waals surface area contributed by atoms with E-state index in [1.54, 1.807) is 23.1 Å². The summed E-state index contributed by atoms with van der Waals surface area (Å²) in [7, 11) is -4.30. The SMILES string of the molecule is Cc1cccc(C(=O)N2CCN(S(=O)(=O)c3c(F)cccc3F)CC2)c1. The number of carbonyl (C=O) groups is 1. The molecule has 0 aliphatic carbocycles. The highest BCUT2D eigenvalue weighted by Gasteiger charge is 2.34. The van der Waals surface area contributed by atoms with Crippen LogP contribution in [-0.4, -0.2) is 49.7 Å². The van der Waals surface area contributed by atoms with Crippen LogP contribution in [0, 0.1) is 18.6 Å². The first-order chi connectivity index (χ1) is 12.3. The van der Waals surface area contributed by atoms with Gasteiger partial charge in [-0.15, -0.1) is 0 Å². The molecule has 0 N–H and O–H groups in total. The Balaban J connectivity index is 1.75. The van der Waals surface area contributed by atoms with Crippen molar-refractivity contribution in [2.75, 3.05) is 26.2 Å². The van der Waals surface area contributed by atoms with Gasteiger partial charge in [0.1, 0.15) is 11.6 Å². The topological polar surface area (TPSA) is 57.7 Å². The largest absolute Gasteiger partial charge is 0.336 e. The molecular weight excluding hydrogens is 362 g/mol. The van der Waals surface area contributed by atoms with Gasteiger partial charge in [-0.25, -0.2) is 17.2 Å². The Morgan fingerprint density at radius 2 is 1.54 bits per heavy atom. The molecule has 0 bridgehead atoms. The molecule has 5 nitrogen and oxygen atoms in total. The number of hydrogen-bond acceptors (Lipinski definition) is 3. The maximum Gasteiger partial charge on any atom is 0.253 e. The number of piperazine rings is 1. The summed E-state index contributed by atoms with van der Waals surface area (Å²) < 4.78 is 53.8. The Kier molecular flexibility index (Phi) is 5.06. The molecule has 1 amide bonds. The van der Waals surface area contributed by atoms with Gasteiger partial charge in [0, 0.05) is 31.7 Å². The Labute approximate surface area is 150 Å². The van der Waals surface area contributed by atoms with Crippen molar-refractivity contribution in [3.8, 4) is 0 Å². The number of benzene rings is 2. The molecule has 138 valence electrons. The molecule has 0 radical (unpaired) electrons. The molecule has 3 rings (SSSR count). The van der Waals surface area contributed by atoms with Crippen LogP contribution in [0.4, 0.5) is 8.78 Å². The third-order valence-electron chi connectivity index (χ3n) is 4.31. The molecule has 1 aliphatic rings. The van der Waals surface area contributed by atoms with Gasteiger partial charge in [0.05, 0.1) is 0 Å². The quantitative estimate of drug-likeness (QED) is 0.822. The summed E-state index contributed by atoms with van der Waals surface area (Å²) in [4.78, 5) is 13.1. The van der Waals surface area contributed by atoms with Crippen LogP contribution in [0.3, 0.4) is 0 Å². The predicted octanol–water partition coefficient (Wildman–Crippen LogP) is 2.42. The molecule has 2 aromatic rings. The molecule has 26 heavy (non-hydrogen) atoms. The van der Waals surface area contributed by atoms with Gasteiger partial charge < -0.3 is 4.90 Å². The van der Waals surface area contributed by atoms with Gasteiger partial charge in [-0.1, -0.05) is 23.8 Å². The van der Waals surface area contributed by atoms with E-state index < -0.39 is 26.6 Å². The lowest BCUT2D eigenvalue weighted by atomic mass is 10.1. The lowest BCUT2D eigenvalue weighted by Gasteiger charge is -2.34. The van der Waals surface area contributed by atoms with E-state index >= 15 is 0 Å². The summed E-state index contributed by atoms with van der Waals surface area (Å²) in [5, 5.41) is 0. The standard InChI is InChI=1S/C18H18F2N2O3S/c1-13-4-2-5-14(12-13)18(23)21-8-10-22(11-9-21)26(24,25)17-15(19)6-3-7-16(17)20/h2-7,12H,8-11H2,1H3. The average Bonchev–Trinajstić information content (AvgIpc) is 2.61. The van der Waals surface area contributed by atoms with Crippen LogP contribution in [0.15, 0.2) is 47.4 Å². The molecule has 0 saturated carbocycles. The normalized spacial score (nSPS) is 15.9. The third-order valence-corrected chi connectivity index (χ3v) is 6.26. The first-order valence-electron chi connectivity index (χ1n) is 8.11. The summed E-state index contributed by atoms with van der Waals surface area (Å²) in [6.07, 6.45) is 0. The summed E-state index contributed by atoms with van der Waals surface area (Å²) in [6, 6.07) is 10.1. The van der Waals surface area contributed by atoms with Crippen molar-refractivity contribution in [2.24, 2.45) is 0 Å².